The second-order valence-corrected chi connectivity index (χ2v) is 3.38. The first kappa shape index (κ1) is 11.7. The summed E-state index contributed by atoms with van der Waals surface area (Å²) in [6.45, 7) is 2.00. The monoisotopic (exact) mass is 207 g/mol. The summed E-state index contributed by atoms with van der Waals surface area (Å²) in [6.07, 6.45) is 1.74. The van der Waals surface area contributed by atoms with Crippen LogP contribution in [-0.2, 0) is 9.53 Å². The molecule has 0 aromatic heterocycles. The summed E-state index contributed by atoms with van der Waals surface area (Å²) in [5.41, 5.74) is 6.20. The number of nitrogens with two attached hydrogens (primary N) is 1. The van der Waals surface area contributed by atoms with Gasteiger partial charge in [-0.25, -0.2) is 0 Å². The summed E-state index contributed by atoms with van der Waals surface area (Å²) in [7, 11) is 0. The van der Waals surface area contributed by atoms with E-state index in [1.807, 2.05) is 37.3 Å². The first-order valence-electron chi connectivity index (χ1n) is 5.21. The van der Waals surface area contributed by atoms with E-state index in [-0.39, 0.29) is 18.6 Å². The quantitative estimate of drug-likeness (QED) is 0.593. The second-order valence-electron chi connectivity index (χ2n) is 3.38. The molecule has 0 aliphatic heterocycles. The molecule has 2 N–H and O–H groups in total. The van der Waals surface area contributed by atoms with Crippen LogP contribution in [0.5, 0.6) is 0 Å². The van der Waals surface area contributed by atoms with Gasteiger partial charge in [-0.1, -0.05) is 43.7 Å². The first-order valence-corrected chi connectivity index (χ1v) is 5.21. The number of carbonyl (C=O) groups is 1. The predicted octanol–water partition coefficient (Wildman–Crippen LogP) is 2.03. The lowest BCUT2D eigenvalue weighted by molar-refractivity contribution is -0.145. The van der Waals surface area contributed by atoms with Crippen LogP contribution in [0.3, 0.4) is 0 Å². The topological polar surface area (TPSA) is 52.3 Å². The zero-order valence-corrected chi connectivity index (χ0v) is 8.98. The summed E-state index contributed by atoms with van der Waals surface area (Å²) >= 11 is 0. The Balaban J connectivity index is 2.78. The second kappa shape index (κ2) is 6.19. The van der Waals surface area contributed by atoms with E-state index in [1.165, 1.54) is 0 Å². The van der Waals surface area contributed by atoms with Gasteiger partial charge in [0.05, 0.1) is 5.92 Å². The molecule has 82 valence electrons. The molecule has 3 nitrogen and oxygen atoms in total. The van der Waals surface area contributed by atoms with E-state index in [0.29, 0.717) is 0 Å². The summed E-state index contributed by atoms with van der Waals surface area (Å²) in [4.78, 5) is 11.6. The highest BCUT2D eigenvalue weighted by atomic mass is 16.5. The van der Waals surface area contributed by atoms with Crippen LogP contribution in [0.2, 0.25) is 0 Å². The molecule has 1 atom stereocenters. The fraction of sp³-hybridized carbons (Fsp3) is 0.417. The maximum atomic E-state index is 11.6. The van der Waals surface area contributed by atoms with Gasteiger partial charge < -0.3 is 4.74 Å². The van der Waals surface area contributed by atoms with Crippen LogP contribution in [0.25, 0.3) is 0 Å². The zero-order valence-electron chi connectivity index (χ0n) is 8.98. The van der Waals surface area contributed by atoms with Crippen molar-refractivity contribution in [2.45, 2.75) is 25.7 Å². The third kappa shape index (κ3) is 3.36. The van der Waals surface area contributed by atoms with Crippen LogP contribution in [0.4, 0.5) is 0 Å². The maximum absolute atomic E-state index is 11.6. The van der Waals surface area contributed by atoms with Gasteiger partial charge in [-0.3, -0.25) is 10.5 Å². The molecule has 0 saturated carbocycles. The Hall–Kier alpha value is -1.35. The summed E-state index contributed by atoms with van der Waals surface area (Å²) in [6, 6.07) is 9.67. The lowest BCUT2D eigenvalue weighted by Gasteiger charge is -2.14. The van der Waals surface area contributed by atoms with Gasteiger partial charge in [-0.2, -0.15) is 0 Å². The minimum absolute atomic E-state index is 0.0497. The molecule has 15 heavy (non-hydrogen) atoms. The van der Waals surface area contributed by atoms with Gasteiger partial charge in [-0.05, 0) is 12.0 Å². The molecule has 1 rings (SSSR count). The molecule has 0 saturated heterocycles. The number of esters is 1. The van der Waals surface area contributed by atoms with Crippen molar-refractivity contribution in [1.82, 2.24) is 0 Å². The van der Waals surface area contributed by atoms with Crippen molar-refractivity contribution in [1.29, 1.82) is 0 Å². The minimum atomic E-state index is -0.231. The van der Waals surface area contributed by atoms with E-state index >= 15 is 0 Å². The maximum Gasteiger partial charge on any atom is 0.314 e. The molecule has 0 spiro atoms. The number of hydrogen-bond acceptors (Lipinski definition) is 3. The van der Waals surface area contributed by atoms with E-state index in [4.69, 9.17) is 10.5 Å². The van der Waals surface area contributed by atoms with Gasteiger partial charge in [0, 0.05) is 0 Å². The predicted molar refractivity (Wildman–Crippen MR) is 59.2 cm³/mol. The highest BCUT2D eigenvalue weighted by Gasteiger charge is 2.20. The molecule has 1 aromatic rings. The van der Waals surface area contributed by atoms with Gasteiger partial charge in [-0.15, -0.1) is 0 Å². The molecule has 1 unspecified atom stereocenters. The average molecular weight is 207 g/mol. The third-order valence-corrected chi connectivity index (χ3v) is 2.29. The van der Waals surface area contributed by atoms with Crippen molar-refractivity contribution in [2.75, 3.05) is 6.73 Å². The first-order chi connectivity index (χ1) is 7.29. The molecule has 0 bridgehead atoms. The third-order valence-electron chi connectivity index (χ3n) is 2.29. The van der Waals surface area contributed by atoms with E-state index < -0.39 is 0 Å². The van der Waals surface area contributed by atoms with Crippen molar-refractivity contribution in [3.05, 3.63) is 35.9 Å². The fourth-order valence-electron chi connectivity index (χ4n) is 1.58. The molecule has 0 aliphatic carbocycles. The zero-order chi connectivity index (χ0) is 11.1. The van der Waals surface area contributed by atoms with E-state index in [1.54, 1.807) is 0 Å². The molecule has 1 aromatic carbocycles. The lowest BCUT2D eigenvalue weighted by atomic mass is 9.95. The fourth-order valence-corrected chi connectivity index (χ4v) is 1.58. The molecule has 0 fully saturated rings. The highest BCUT2D eigenvalue weighted by molar-refractivity contribution is 5.78. The number of benzene rings is 1. The molecule has 0 amide bonds. The molecule has 0 heterocycles. The Bertz CT molecular complexity index is 298. The van der Waals surface area contributed by atoms with Gasteiger partial charge in [0.25, 0.3) is 0 Å². The number of hydrogen-bond donors (Lipinski definition) is 1. The van der Waals surface area contributed by atoms with E-state index in [2.05, 4.69) is 0 Å². The standard InChI is InChI=1S/C12H17NO2/c1-2-6-11(12(14)15-9-13)10-7-4-3-5-8-10/h3-5,7-8,11H,2,6,9,13H2,1H3. The summed E-state index contributed by atoms with van der Waals surface area (Å²) in [5.74, 6) is -0.412. The Kier molecular flexibility index (Phi) is 4.84. The Morgan fingerprint density at radius 3 is 2.60 bits per heavy atom. The molecular weight excluding hydrogens is 190 g/mol. The normalized spacial score (nSPS) is 12.1. The number of carbonyl (C=O) groups excluding carboxylic acids is 1. The van der Waals surface area contributed by atoms with Crippen LogP contribution in [0.15, 0.2) is 30.3 Å². The number of rotatable bonds is 5. The van der Waals surface area contributed by atoms with Crippen LogP contribution in [0.1, 0.15) is 31.2 Å². The van der Waals surface area contributed by atoms with Crippen molar-refractivity contribution in [3.8, 4) is 0 Å². The minimum Gasteiger partial charge on any atom is -0.450 e. The summed E-state index contributed by atoms with van der Waals surface area (Å²) < 4.78 is 4.85. The highest BCUT2D eigenvalue weighted by Crippen LogP contribution is 2.22. The SMILES string of the molecule is CCCC(C(=O)OCN)c1ccccc1. The van der Waals surface area contributed by atoms with Crippen molar-refractivity contribution >= 4 is 5.97 Å². The van der Waals surface area contributed by atoms with Crippen LogP contribution in [0, 0.1) is 0 Å². The number of ether oxygens (including phenoxy) is 1. The van der Waals surface area contributed by atoms with E-state index in [9.17, 15) is 4.79 Å². The molecule has 0 aliphatic rings. The Morgan fingerprint density at radius 2 is 2.07 bits per heavy atom. The Morgan fingerprint density at radius 1 is 1.40 bits per heavy atom. The average Bonchev–Trinajstić information content (AvgIpc) is 2.27. The lowest BCUT2D eigenvalue weighted by Crippen LogP contribution is -2.19. The van der Waals surface area contributed by atoms with Crippen molar-refractivity contribution < 1.29 is 9.53 Å². The van der Waals surface area contributed by atoms with Crippen molar-refractivity contribution in [3.63, 3.8) is 0 Å². The molecule has 0 radical (unpaired) electrons. The van der Waals surface area contributed by atoms with Gasteiger partial charge in [0.15, 0.2) is 0 Å². The largest absolute Gasteiger partial charge is 0.450 e. The smallest absolute Gasteiger partial charge is 0.314 e. The van der Waals surface area contributed by atoms with Crippen molar-refractivity contribution in [2.24, 2.45) is 5.73 Å². The van der Waals surface area contributed by atoms with Crippen LogP contribution >= 0.6 is 0 Å². The van der Waals surface area contributed by atoms with E-state index in [0.717, 1.165) is 18.4 Å². The van der Waals surface area contributed by atoms with Gasteiger partial charge in [0.2, 0.25) is 0 Å². The Labute approximate surface area is 90.2 Å². The molecular formula is C12H17NO2. The van der Waals surface area contributed by atoms with Gasteiger partial charge in [0.1, 0.15) is 6.73 Å². The van der Waals surface area contributed by atoms with Crippen LogP contribution < -0.4 is 5.73 Å². The van der Waals surface area contributed by atoms with Gasteiger partial charge >= 0.3 is 5.97 Å². The summed E-state index contributed by atoms with van der Waals surface area (Å²) in [5, 5.41) is 0. The van der Waals surface area contributed by atoms with Crippen LogP contribution in [-0.4, -0.2) is 12.7 Å². The molecule has 3 heteroatoms.